The minimum absolute atomic E-state index is 0.0420. The molecule has 0 aliphatic heterocycles. The lowest BCUT2D eigenvalue weighted by atomic mass is 10.1. The lowest BCUT2D eigenvalue weighted by Gasteiger charge is -2.17. The van der Waals surface area contributed by atoms with Crippen LogP contribution in [-0.2, 0) is 17.9 Å². The van der Waals surface area contributed by atoms with Gasteiger partial charge in [0, 0.05) is 20.5 Å². The number of amides is 1. The molecule has 0 unspecified atom stereocenters. The second kappa shape index (κ2) is 6.48. The monoisotopic (exact) mass is 321 g/mol. The molecular formula is C20H23N3O. The average molecular weight is 321 g/mol. The Morgan fingerprint density at radius 2 is 1.92 bits per heavy atom. The summed E-state index contributed by atoms with van der Waals surface area (Å²) in [6, 6.07) is 14.7. The second-order valence-electron chi connectivity index (χ2n) is 6.41. The molecule has 24 heavy (non-hydrogen) atoms. The van der Waals surface area contributed by atoms with Crippen molar-refractivity contribution in [3.05, 3.63) is 65.0 Å². The summed E-state index contributed by atoms with van der Waals surface area (Å²) in [5.74, 6) is 0.954. The van der Waals surface area contributed by atoms with Gasteiger partial charge in [-0.25, -0.2) is 4.98 Å². The van der Waals surface area contributed by atoms with E-state index in [9.17, 15) is 4.79 Å². The first-order valence-corrected chi connectivity index (χ1v) is 8.17. The molecule has 0 N–H and O–H groups in total. The van der Waals surface area contributed by atoms with E-state index in [4.69, 9.17) is 4.98 Å². The number of imidazole rings is 1. The first-order valence-electron chi connectivity index (χ1n) is 8.17. The number of rotatable bonds is 4. The van der Waals surface area contributed by atoms with Crippen LogP contribution in [-0.4, -0.2) is 27.4 Å². The second-order valence-corrected chi connectivity index (χ2v) is 6.41. The fraction of sp³-hybridized carbons (Fsp3) is 0.300. The summed E-state index contributed by atoms with van der Waals surface area (Å²) in [6.07, 6.45) is 0. The largest absolute Gasteiger partial charge is 0.339 e. The summed E-state index contributed by atoms with van der Waals surface area (Å²) in [5.41, 5.74) is 5.87. The van der Waals surface area contributed by atoms with Gasteiger partial charge in [-0.1, -0.05) is 35.9 Å². The zero-order valence-electron chi connectivity index (χ0n) is 14.7. The number of aryl methyl sites for hydroxylation is 2. The van der Waals surface area contributed by atoms with Crippen molar-refractivity contribution in [1.82, 2.24) is 14.5 Å². The van der Waals surface area contributed by atoms with Crippen LogP contribution >= 0.6 is 0 Å². The van der Waals surface area contributed by atoms with Crippen LogP contribution in [0.25, 0.3) is 11.0 Å². The van der Waals surface area contributed by atoms with Crippen LogP contribution in [0.15, 0.2) is 42.5 Å². The van der Waals surface area contributed by atoms with Crippen LogP contribution in [0.2, 0.25) is 0 Å². The van der Waals surface area contributed by atoms with Gasteiger partial charge in [-0.15, -0.1) is 0 Å². The van der Waals surface area contributed by atoms with Crippen molar-refractivity contribution in [2.75, 3.05) is 7.05 Å². The Morgan fingerprint density at radius 3 is 2.67 bits per heavy atom. The maximum atomic E-state index is 11.6. The Morgan fingerprint density at radius 1 is 1.17 bits per heavy atom. The molecule has 4 nitrogen and oxygen atoms in total. The van der Waals surface area contributed by atoms with E-state index in [0.717, 1.165) is 23.4 Å². The van der Waals surface area contributed by atoms with Gasteiger partial charge in [0.15, 0.2) is 0 Å². The quantitative estimate of drug-likeness (QED) is 0.735. The summed E-state index contributed by atoms with van der Waals surface area (Å²) in [5, 5.41) is 0. The molecule has 3 rings (SSSR count). The highest BCUT2D eigenvalue weighted by atomic mass is 16.2. The van der Waals surface area contributed by atoms with Gasteiger partial charge in [-0.3, -0.25) is 4.79 Å². The lowest BCUT2D eigenvalue weighted by molar-refractivity contribution is -0.128. The van der Waals surface area contributed by atoms with Gasteiger partial charge in [-0.2, -0.15) is 0 Å². The highest BCUT2D eigenvalue weighted by molar-refractivity contribution is 5.76. The molecule has 3 aromatic rings. The first-order chi connectivity index (χ1) is 11.5. The number of aromatic nitrogens is 2. The van der Waals surface area contributed by atoms with Gasteiger partial charge >= 0.3 is 0 Å². The Kier molecular flexibility index (Phi) is 4.38. The zero-order chi connectivity index (χ0) is 17.3. The number of nitrogens with zero attached hydrogens (tertiary/aromatic N) is 3. The molecule has 0 bridgehead atoms. The van der Waals surface area contributed by atoms with Crippen LogP contribution in [0.4, 0.5) is 0 Å². The maximum Gasteiger partial charge on any atom is 0.219 e. The standard InChI is InChI=1S/C20H23N3O/c1-14-9-10-15(2)17(11-14)12-23-19-8-6-5-7-18(19)21-20(23)13-22(4)16(3)24/h5-11H,12-13H2,1-4H3. The van der Waals surface area contributed by atoms with Gasteiger partial charge in [0.1, 0.15) is 5.82 Å². The number of hydrogen-bond donors (Lipinski definition) is 0. The van der Waals surface area contributed by atoms with Gasteiger partial charge in [0.25, 0.3) is 0 Å². The summed E-state index contributed by atoms with van der Waals surface area (Å²) in [7, 11) is 1.81. The van der Waals surface area contributed by atoms with E-state index in [1.165, 1.54) is 16.7 Å². The molecule has 0 atom stereocenters. The highest BCUT2D eigenvalue weighted by Crippen LogP contribution is 2.21. The SMILES string of the molecule is CC(=O)N(C)Cc1nc2ccccc2n1Cc1cc(C)ccc1C. The maximum absolute atomic E-state index is 11.6. The topological polar surface area (TPSA) is 38.1 Å². The van der Waals surface area contributed by atoms with Crippen molar-refractivity contribution in [2.45, 2.75) is 33.9 Å². The molecule has 0 aliphatic rings. The summed E-state index contributed by atoms with van der Waals surface area (Å²) < 4.78 is 2.22. The van der Waals surface area contributed by atoms with Crippen LogP contribution in [0, 0.1) is 13.8 Å². The summed E-state index contributed by atoms with van der Waals surface area (Å²) in [4.78, 5) is 18.1. The third-order valence-electron chi connectivity index (χ3n) is 4.48. The number of hydrogen-bond acceptors (Lipinski definition) is 2. The van der Waals surface area contributed by atoms with E-state index in [1.54, 1.807) is 11.8 Å². The van der Waals surface area contributed by atoms with E-state index in [0.29, 0.717) is 6.54 Å². The lowest BCUT2D eigenvalue weighted by Crippen LogP contribution is -2.25. The van der Waals surface area contributed by atoms with Crippen LogP contribution in [0.3, 0.4) is 0 Å². The van der Waals surface area contributed by atoms with Crippen molar-refractivity contribution in [2.24, 2.45) is 0 Å². The van der Waals surface area contributed by atoms with Crippen molar-refractivity contribution in [1.29, 1.82) is 0 Å². The molecule has 2 aromatic carbocycles. The normalized spacial score (nSPS) is 11.0. The fourth-order valence-electron chi connectivity index (χ4n) is 2.89. The molecule has 0 aliphatic carbocycles. The number of benzene rings is 2. The van der Waals surface area contributed by atoms with Gasteiger partial charge < -0.3 is 9.47 Å². The first kappa shape index (κ1) is 16.2. The molecule has 0 saturated heterocycles. The Bertz CT molecular complexity index is 895. The van der Waals surface area contributed by atoms with Crippen molar-refractivity contribution in [3.8, 4) is 0 Å². The third-order valence-corrected chi connectivity index (χ3v) is 4.48. The molecule has 0 radical (unpaired) electrons. The predicted octanol–water partition coefficient (Wildman–Crippen LogP) is 3.68. The smallest absolute Gasteiger partial charge is 0.219 e. The minimum Gasteiger partial charge on any atom is -0.339 e. The van der Waals surface area contributed by atoms with Crippen molar-refractivity contribution in [3.63, 3.8) is 0 Å². The van der Waals surface area contributed by atoms with E-state index >= 15 is 0 Å². The van der Waals surface area contributed by atoms with Gasteiger partial charge in [-0.05, 0) is 37.1 Å². The van der Waals surface area contributed by atoms with Gasteiger partial charge in [0.05, 0.1) is 17.6 Å². The van der Waals surface area contributed by atoms with Crippen LogP contribution in [0.1, 0.15) is 29.4 Å². The number of carbonyl (C=O) groups excluding carboxylic acids is 1. The van der Waals surface area contributed by atoms with Gasteiger partial charge in [0.2, 0.25) is 5.91 Å². The Labute approximate surface area is 142 Å². The molecule has 1 aromatic heterocycles. The third kappa shape index (κ3) is 3.18. The zero-order valence-corrected chi connectivity index (χ0v) is 14.7. The molecular weight excluding hydrogens is 298 g/mol. The van der Waals surface area contributed by atoms with E-state index in [1.807, 2.05) is 25.2 Å². The molecule has 0 saturated carbocycles. The highest BCUT2D eigenvalue weighted by Gasteiger charge is 2.14. The molecule has 1 heterocycles. The number of fused-ring (bicyclic) bond motifs is 1. The summed E-state index contributed by atoms with van der Waals surface area (Å²) in [6.45, 7) is 7.09. The van der Waals surface area contributed by atoms with Crippen LogP contribution in [0.5, 0.6) is 0 Å². The van der Waals surface area contributed by atoms with E-state index < -0.39 is 0 Å². The molecule has 1 amide bonds. The average Bonchev–Trinajstić information content (AvgIpc) is 2.88. The fourth-order valence-corrected chi connectivity index (χ4v) is 2.89. The molecule has 0 fully saturated rings. The minimum atomic E-state index is 0.0420. The van der Waals surface area contributed by atoms with E-state index in [-0.39, 0.29) is 5.91 Å². The van der Waals surface area contributed by atoms with Crippen LogP contribution < -0.4 is 0 Å². The molecule has 124 valence electrons. The Hall–Kier alpha value is -2.62. The number of para-hydroxylation sites is 2. The predicted molar refractivity (Wildman–Crippen MR) is 96.9 cm³/mol. The van der Waals surface area contributed by atoms with E-state index in [2.05, 4.69) is 42.7 Å². The molecule has 4 heteroatoms. The number of carbonyl (C=O) groups is 1. The summed E-state index contributed by atoms with van der Waals surface area (Å²) >= 11 is 0. The van der Waals surface area contributed by atoms with Crippen molar-refractivity contribution >= 4 is 16.9 Å². The Balaban J connectivity index is 2.07. The molecule has 0 spiro atoms. The van der Waals surface area contributed by atoms with Crippen molar-refractivity contribution < 1.29 is 4.79 Å².